The molecule has 1 amide bonds. The van der Waals surface area contributed by atoms with Crippen LogP contribution < -0.4 is 5.32 Å². The smallest absolute Gasteiger partial charge is 0.227 e. The molecule has 2 atom stereocenters. The summed E-state index contributed by atoms with van der Waals surface area (Å²) in [6.07, 6.45) is 3.21. The Bertz CT molecular complexity index is 437. The predicted octanol–water partition coefficient (Wildman–Crippen LogP) is 2.19. The molecule has 18 heavy (non-hydrogen) atoms. The van der Waals surface area contributed by atoms with E-state index < -0.39 is 0 Å². The summed E-state index contributed by atoms with van der Waals surface area (Å²) in [6, 6.07) is 2.44. The molecule has 1 N–H and O–H groups in total. The van der Waals surface area contributed by atoms with E-state index in [9.17, 15) is 4.79 Å². The van der Waals surface area contributed by atoms with E-state index >= 15 is 0 Å². The van der Waals surface area contributed by atoms with Crippen molar-refractivity contribution < 1.29 is 4.79 Å². The third kappa shape index (κ3) is 2.08. The van der Waals surface area contributed by atoms with Gasteiger partial charge in [0.05, 0.1) is 12.0 Å². The number of hydrogen-bond acceptors (Lipinski definition) is 3. The molecular weight excluding hydrogens is 244 g/mol. The number of nitrogens with zero attached hydrogens (tertiary/aromatic N) is 1. The Labute approximate surface area is 112 Å². The summed E-state index contributed by atoms with van der Waals surface area (Å²) < 4.78 is 0. The van der Waals surface area contributed by atoms with Crippen LogP contribution in [0.4, 0.5) is 0 Å². The number of rotatable bonds is 1. The van der Waals surface area contributed by atoms with E-state index in [0.29, 0.717) is 5.91 Å². The van der Waals surface area contributed by atoms with Crippen molar-refractivity contribution in [1.29, 1.82) is 0 Å². The zero-order valence-electron chi connectivity index (χ0n) is 10.8. The standard InChI is InChI=1S/C14H20N2OS/c1-10-12-5-8-18-13(12)4-7-16(10)14(17)11-3-2-6-15-9-11/h5,8,10-11,15H,2-4,6-7,9H2,1H3. The van der Waals surface area contributed by atoms with Gasteiger partial charge in [0, 0.05) is 18.0 Å². The van der Waals surface area contributed by atoms with E-state index in [-0.39, 0.29) is 12.0 Å². The van der Waals surface area contributed by atoms with Crippen molar-refractivity contribution in [3.05, 3.63) is 21.9 Å². The number of carbonyl (C=O) groups is 1. The average molecular weight is 264 g/mol. The molecule has 2 aliphatic rings. The Morgan fingerprint density at radius 2 is 2.44 bits per heavy atom. The molecule has 0 aromatic carbocycles. The van der Waals surface area contributed by atoms with Gasteiger partial charge in [0.2, 0.25) is 5.91 Å². The molecular formula is C14H20N2OS. The molecule has 1 fully saturated rings. The lowest BCUT2D eigenvalue weighted by atomic mass is 9.94. The average Bonchev–Trinajstić information content (AvgIpc) is 2.89. The van der Waals surface area contributed by atoms with Crippen LogP contribution in [0.2, 0.25) is 0 Å². The molecule has 0 aliphatic carbocycles. The van der Waals surface area contributed by atoms with Crippen LogP contribution in [0.5, 0.6) is 0 Å². The first-order valence-electron chi connectivity index (χ1n) is 6.85. The number of fused-ring (bicyclic) bond motifs is 1. The van der Waals surface area contributed by atoms with Crippen LogP contribution in [0, 0.1) is 5.92 Å². The molecule has 0 bridgehead atoms. The van der Waals surface area contributed by atoms with Crippen LogP contribution in [0.3, 0.4) is 0 Å². The fourth-order valence-electron chi connectivity index (χ4n) is 3.11. The highest BCUT2D eigenvalue weighted by Gasteiger charge is 2.32. The van der Waals surface area contributed by atoms with Crippen LogP contribution in [0.25, 0.3) is 0 Å². The fourth-order valence-corrected chi connectivity index (χ4v) is 4.07. The van der Waals surface area contributed by atoms with Crippen molar-refractivity contribution in [3.63, 3.8) is 0 Å². The first-order chi connectivity index (χ1) is 8.77. The number of carbonyl (C=O) groups excluding carboxylic acids is 1. The fraction of sp³-hybridized carbons (Fsp3) is 0.643. The molecule has 0 saturated carbocycles. The monoisotopic (exact) mass is 264 g/mol. The van der Waals surface area contributed by atoms with Crippen molar-refractivity contribution in [2.24, 2.45) is 5.92 Å². The van der Waals surface area contributed by atoms with Gasteiger partial charge in [0.1, 0.15) is 0 Å². The number of nitrogens with one attached hydrogen (secondary N) is 1. The second kappa shape index (κ2) is 5.02. The van der Waals surface area contributed by atoms with Gasteiger partial charge in [-0.3, -0.25) is 4.79 Å². The first kappa shape index (κ1) is 12.2. The Balaban J connectivity index is 1.75. The first-order valence-corrected chi connectivity index (χ1v) is 7.73. The van der Waals surface area contributed by atoms with Crippen LogP contribution in [0.15, 0.2) is 11.4 Å². The lowest BCUT2D eigenvalue weighted by Gasteiger charge is -2.37. The van der Waals surface area contributed by atoms with Crippen molar-refractivity contribution in [3.8, 4) is 0 Å². The van der Waals surface area contributed by atoms with Crippen LogP contribution in [-0.4, -0.2) is 30.4 Å². The number of amides is 1. The van der Waals surface area contributed by atoms with Crippen molar-refractivity contribution in [1.82, 2.24) is 10.2 Å². The molecule has 0 radical (unpaired) electrons. The van der Waals surface area contributed by atoms with E-state index in [1.807, 2.05) is 11.3 Å². The SMILES string of the molecule is CC1c2ccsc2CCN1C(=O)C1CCCNC1. The molecule has 1 aromatic rings. The van der Waals surface area contributed by atoms with Gasteiger partial charge in [-0.05, 0) is 49.7 Å². The molecule has 3 rings (SSSR count). The molecule has 98 valence electrons. The molecule has 1 saturated heterocycles. The van der Waals surface area contributed by atoms with Gasteiger partial charge >= 0.3 is 0 Å². The maximum absolute atomic E-state index is 12.6. The maximum Gasteiger partial charge on any atom is 0.227 e. The van der Waals surface area contributed by atoms with Gasteiger partial charge in [-0.15, -0.1) is 11.3 Å². The minimum atomic E-state index is 0.196. The lowest BCUT2D eigenvalue weighted by Crippen LogP contribution is -2.46. The van der Waals surface area contributed by atoms with Gasteiger partial charge in [0.25, 0.3) is 0 Å². The Morgan fingerprint density at radius 1 is 1.56 bits per heavy atom. The maximum atomic E-state index is 12.6. The molecule has 3 heterocycles. The van der Waals surface area contributed by atoms with E-state index in [1.54, 1.807) is 0 Å². The van der Waals surface area contributed by atoms with Crippen molar-refractivity contribution >= 4 is 17.2 Å². The van der Waals surface area contributed by atoms with Gasteiger partial charge in [-0.25, -0.2) is 0 Å². The zero-order valence-corrected chi connectivity index (χ0v) is 11.6. The molecule has 1 aromatic heterocycles. The summed E-state index contributed by atoms with van der Waals surface area (Å²) in [4.78, 5) is 16.1. The minimum absolute atomic E-state index is 0.196. The third-order valence-corrected chi connectivity index (χ3v) is 5.20. The van der Waals surface area contributed by atoms with Gasteiger partial charge in [0.15, 0.2) is 0 Å². The van der Waals surface area contributed by atoms with Gasteiger partial charge in [-0.1, -0.05) is 0 Å². The predicted molar refractivity (Wildman–Crippen MR) is 73.7 cm³/mol. The topological polar surface area (TPSA) is 32.3 Å². The highest BCUT2D eigenvalue weighted by Crippen LogP contribution is 2.34. The molecule has 2 aliphatic heterocycles. The normalized spacial score (nSPS) is 27.9. The summed E-state index contributed by atoms with van der Waals surface area (Å²) in [7, 11) is 0. The highest BCUT2D eigenvalue weighted by atomic mass is 32.1. The second-order valence-electron chi connectivity index (χ2n) is 5.30. The quantitative estimate of drug-likeness (QED) is 0.843. The van der Waals surface area contributed by atoms with Gasteiger partial charge < -0.3 is 10.2 Å². The Morgan fingerprint density at radius 3 is 3.22 bits per heavy atom. The summed E-state index contributed by atoms with van der Waals surface area (Å²) in [5.41, 5.74) is 1.36. The van der Waals surface area contributed by atoms with Crippen LogP contribution in [0.1, 0.15) is 36.2 Å². The van der Waals surface area contributed by atoms with Gasteiger partial charge in [-0.2, -0.15) is 0 Å². The van der Waals surface area contributed by atoms with Crippen molar-refractivity contribution in [2.45, 2.75) is 32.2 Å². The van der Waals surface area contributed by atoms with E-state index in [4.69, 9.17) is 0 Å². The second-order valence-corrected chi connectivity index (χ2v) is 6.30. The Hall–Kier alpha value is -0.870. The molecule has 3 nitrogen and oxygen atoms in total. The Kier molecular flexibility index (Phi) is 3.39. The summed E-state index contributed by atoms with van der Waals surface area (Å²) in [6.45, 7) is 4.98. The van der Waals surface area contributed by atoms with Crippen molar-refractivity contribution in [2.75, 3.05) is 19.6 Å². The molecule has 2 unspecified atom stereocenters. The van der Waals surface area contributed by atoms with Crippen LogP contribution in [-0.2, 0) is 11.2 Å². The highest BCUT2D eigenvalue weighted by molar-refractivity contribution is 7.10. The molecule has 4 heteroatoms. The van der Waals surface area contributed by atoms with E-state index in [0.717, 1.165) is 38.9 Å². The number of hydrogen-bond donors (Lipinski definition) is 1. The lowest BCUT2D eigenvalue weighted by molar-refractivity contribution is -0.138. The summed E-state index contributed by atoms with van der Waals surface area (Å²) in [5, 5.41) is 5.49. The summed E-state index contributed by atoms with van der Waals surface area (Å²) >= 11 is 1.83. The molecule has 0 spiro atoms. The number of piperidine rings is 1. The largest absolute Gasteiger partial charge is 0.335 e. The zero-order chi connectivity index (χ0) is 12.5. The van der Waals surface area contributed by atoms with E-state index in [1.165, 1.54) is 10.4 Å². The minimum Gasteiger partial charge on any atom is -0.335 e. The van der Waals surface area contributed by atoms with Crippen LogP contribution >= 0.6 is 11.3 Å². The number of thiophene rings is 1. The summed E-state index contributed by atoms with van der Waals surface area (Å²) in [5.74, 6) is 0.549. The van der Waals surface area contributed by atoms with E-state index in [2.05, 4.69) is 28.6 Å². The third-order valence-electron chi connectivity index (χ3n) is 4.21.